The van der Waals surface area contributed by atoms with Crippen LogP contribution >= 0.6 is 0 Å². The summed E-state index contributed by atoms with van der Waals surface area (Å²) in [6.45, 7) is 0. The molecule has 0 aliphatic heterocycles. The molecule has 1 aromatic rings. The fraction of sp³-hybridized carbons (Fsp3) is 0.600. The van der Waals surface area contributed by atoms with E-state index in [1.54, 1.807) is 0 Å². The molecule has 0 saturated heterocycles. The molecule has 2 heteroatoms. The zero-order valence-electron chi connectivity index (χ0n) is 10.5. The van der Waals surface area contributed by atoms with Gasteiger partial charge < -0.3 is 10.1 Å². The second kappa shape index (κ2) is 4.69. The maximum absolute atomic E-state index is 5.85. The van der Waals surface area contributed by atoms with Crippen molar-refractivity contribution in [1.82, 2.24) is 5.32 Å². The molecule has 0 bridgehead atoms. The Hall–Kier alpha value is -1.02. The zero-order chi connectivity index (χ0) is 11.7. The van der Waals surface area contributed by atoms with Gasteiger partial charge in [-0.1, -0.05) is 25.0 Å². The van der Waals surface area contributed by atoms with Gasteiger partial charge in [0.05, 0.1) is 6.10 Å². The van der Waals surface area contributed by atoms with Crippen molar-refractivity contribution < 1.29 is 4.74 Å². The van der Waals surface area contributed by atoms with E-state index in [0.717, 1.165) is 11.7 Å². The summed E-state index contributed by atoms with van der Waals surface area (Å²) in [6, 6.07) is 9.10. The number of benzene rings is 1. The lowest BCUT2D eigenvalue weighted by atomic mass is 10.0. The number of nitrogens with one attached hydrogen (secondary N) is 1. The summed E-state index contributed by atoms with van der Waals surface area (Å²) in [5.41, 5.74) is 1.37. The van der Waals surface area contributed by atoms with Gasteiger partial charge in [0.1, 0.15) is 5.75 Å². The third-order valence-electron chi connectivity index (χ3n) is 3.70. The van der Waals surface area contributed by atoms with E-state index in [2.05, 4.69) is 36.6 Å². The lowest BCUT2D eigenvalue weighted by Crippen LogP contribution is -2.17. The Labute approximate surface area is 103 Å². The fourth-order valence-electron chi connectivity index (χ4n) is 2.29. The van der Waals surface area contributed by atoms with E-state index in [1.807, 2.05) is 0 Å². The molecule has 92 valence electrons. The zero-order valence-corrected chi connectivity index (χ0v) is 10.5. The predicted octanol–water partition coefficient (Wildman–Crippen LogP) is 3.29. The van der Waals surface area contributed by atoms with E-state index in [0.29, 0.717) is 12.1 Å². The van der Waals surface area contributed by atoms with Crippen LogP contribution in [0.3, 0.4) is 0 Å². The Balaban J connectivity index is 1.69. The predicted molar refractivity (Wildman–Crippen MR) is 69.2 cm³/mol. The third-order valence-corrected chi connectivity index (χ3v) is 3.70. The van der Waals surface area contributed by atoms with Crippen molar-refractivity contribution in [3.63, 3.8) is 0 Å². The molecule has 0 radical (unpaired) electrons. The Kier molecular flexibility index (Phi) is 3.06. The van der Waals surface area contributed by atoms with Crippen LogP contribution in [0.25, 0.3) is 0 Å². The third kappa shape index (κ3) is 3.01. The lowest BCUT2D eigenvalue weighted by molar-refractivity contribution is 0.302. The van der Waals surface area contributed by atoms with E-state index >= 15 is 0 Å². The van der Waals surface area contributed by atoms with Gasteiger partial charge in [-0.05, 0) is 49.9 Å². The summed E-state index contributed by atoms with van der Waals surface area (Å²) < 4.78 is 5.85. The summed E-state index contributed by atoms with van der Waals surface area (Å²) in [4.78, 5) is 0. The minimum atomic E-state index is 0.488. The second-order valence-corrected chi connectivity index (χ2v) is 5.41. The van der Waals surface area contributed by atoms with E-state index in [4.69, 9.17) is 4.74 Å². The van der Waals surface area contributed by atoms with Crippen molar-refractivity contribution in [3.8, 4) is 5.75 Å². The van der Waals surface area contributed by atoms with Crippen molar-refractivity contribution in [3.05, 3.63) is 29.8 Å². The summed E-state index contributed by atoms with van der Waals surface area (Å²) in [6.07, 6.45) is 7.03. The van der Waals surface area contributed by atoms with Gasteiger partial charge >= 0.3 is 0 Å². The van der Waals surface area contributed by atoms with Crippen LogP contribution in [0.1, 0.15) is 43.7 Å². The minimum Gasteiger partial charge on any atom is -0.490 e. The van der Waals surface area contributed by atoms with Crippen LogP contribution in [-0.4, -0.2) is 13.2 Å². The van der Waals surface area contributed by atoms with E-state index in [1.165, 1.54) is 37.7 Å². The quantitative estimate of drug-likeness (QED) is 0.811. The van der Waals surface area contributed by atoms with Crippen LogP contribution in [0.2, 0.25) is 0 Å². The van der Waals surface area contributed by atoms with Crippen molar-refractivity contribution >= 4 is 0 Å². The average molecular weight is 231 g/mol. The van der Waals surface area contributed by atoms with Gasteiger partial charge in [-0.25, -0.2) is 0 Å². The molecule has 1 aromatic carbocycles. The molecule has 3 rings (SSSR count). The molecule has 0 aromatic heterocycles. The Bertz CT molecular complexity index is 382. The van der Waals surface area contributed by atoms with Gasteiger partial charge in [0, 0.05) is 6.04 Å². The first-order chi connectivity index (χ1) is 8.35. The monoisotopic (exact) mass is 231 g/mol. The first-order valence-corrected chi connectivity index (χ1v) is 6.79. The molecule has 2 nitrogen and oxygen atoms in total. The molecule has 1 unspecified atom stereocenters. The molecule has 2 aliphatic rings. The van der Waals surface area contributed by atoms with Gasteiger partial charge in [0.25, 0.3) is 0 Å². The molecule has 2 saturated carbocycles. The molecule has 0 amide bonds. The van der Waals surface area contributed by atoms with Crippen LogP contribution in [0.15, 0.2) is 24.3 Å². The molecule has 0 spiro atoms. The highest BCUT2D eigenvalue weighted by Crippen LogP contribution is 2.38. The Morgan fingerprint density at radius 2 is 2.12 bits per heavy atom. The molecule has 17 heavy (non-hydrogen) atoms. The Morgan fingerprint density at radius 3 is 2.76 bits per heavy atom. The second-order valence-electron chi connectivity index (χ2n) is 5.41. The molecule has 1 atom stereocenters. The highest BCUT2D eigenvalue weighted by Gasteiger charge is 2.26. The van der Waals surface area contributed by atoms with Crippen molar-refractivity contribution in [2.24, 2.45) is 5.92 Å². The minimum absolute atomic E-state index is 0.488. The smallest absolute Gasteiger partial charge is 0.120 e. The highest BCUT2D eigenvalue weighted by molar-refractivity contribution is 5.31. The maximum Gasteiger partial charge on any atom is 0.120 e. The maximum atomic E-state index is 5.85. The van der Waals surface area contributed by atoms with Gasteiger partial charge in [-0.2, -0.15) is 0 Å². The van der Waals surface area contributed by atoms with Crippen LogP contribution in [-0.2, 0) is 0 Å². The standard InChI is InChI=1S/C15H21NO/c1-16-15(9-11-5-6-11)12-3-2-4-14(10-12)17-13-7-8-13/h2-4,10-11,13,15-16H,5-9H2,1H3. The first-order valence-electron chi connectivity index (χ1n) is 6.79. The van der Waals surface area contributed by atoms with Gasteiger partial charge in [0.15, 0.2) is 0 Å². The summed E-state index contributed by atoms with van der Waals surface area (Å²) >= 11 is 0. The Morgan fingerprint density at radius 1 is 1.29 bits per heavy atom. The molecule has 0 heterocycles. The largest absolute Gasteiger partial charge is 0.490 e. The van der Waals surface area contributed by atoms with E-state index in [9.17, 15) is 0 Å². The van der Waals surface area contributed by atoms with Crippen LogP contribution in [0.5, 0.6) is 5.75 Å². The fourth-order valence-corrected chi connectivity index (χ4v) is 2.29. The summed E-state index contributed by atoms with van der Waals surface area (Å²) in [5, 5.41) is 3.43. The molecular formula is C15H21NO. The van der Waals surface area contributed by atoms with Crippen molar-refractivity contribution in [2.45, 2.75) is 44.2 Å². The number of hydrogen-bond acceptors (Lipinski definition) is 2. The van der Waals surface area contributed by atoms with Gasteiger partial charge in [-0.15, -0.1) is 0 Å². The van der Waals surface area contributed by atoms with E-state index in [-0.39, 0.29) is 0 Å². The normalized spacial score (nSPS) is 21.2. The average Bonchev–Trinajstić information content (AvgIpc) is 3.21. The van der Waals surface area contributed by atoms with Gasteiger partial charge in [-0.3, -0.25) is 0 Å². The molecule has 2 fully saturated rings. The molecular weight excluding hydrogens is 210 g/mol. The topological polar surface area (TPSA) is 21.3 Å². The first kappa shape index (κ1) is 11.1. The highest BCUT2D eigenvalue weighted by atomic mass is 16.5. The van der Waals surface area contributed by atoms with Crippen LogP contribution in [0, 0.1) is 5.92 Å². The summed E-state index contributed by atoms with van der Waals surface area (Å²) in [5.74, 6) is 1.99. The SMILES string of the molecule is CNC(CC1CC1)c1cccc(OC2CC2)c1. The number of ether oxygens (including phenoxy) is 1. The lowest BCUT2D eigenvalue weighted by Gasteiger charge is -2.17. The number of rotatable bonds is 6. The van der Waals surface area contributed by atoms with Crippen molar-refractivity contribution in [1.29, 1.82) is 0 Å². The van der Waals surface area contributed by atoms with Crippen LogP contribution < -0.4 is 10.1 Å². The van der Waals surface area contributed by atoms with Crippen molar-refractivity contribution in [2.75, 3.05) is 7.05 Å². The van der Waals surface area contributed by atoms with E-state index < -0.39 is 0 Å². The number of hydrogen-bond donors (Lipinski definition) is 1. The summed E-state index contributed by atoms with van der Waals surface area (Å²) in [7, 11) is 2.06. The van der Waals surface area contributed by atoms with Gasteiger partial charge in [0.2, 0.25) is 0 Å². The molecule has 2 aliphatic carbocycles. The molecule has 1 N–H and O–H groups in total. The van der Waals surface area contributed by atoms with Crippen LogP contribution in [0.4, 0.5) is 0 Å².